The Morgan fingerprint density at radius 3 is 2.88 bits per heavy atom. The SMILES string of the molecule is N#CCOC1CCC2C(=O)C(c3ccc4c(c3)OCCO4)=COC2C1. The van der Waals surface area contributed by atoms with Crippen molar-refractivity contribution in [1.29, 1.82) is 5.26 Å². The molecule has 0 radical (unpaired) electrons. The molecule has 1 aromatic carbocycles. The lowest BCUT2D eigenvalue weighted by Gasteiger charge is -2.37. The number of benzene rings is 1. The highest BCUT2D eigenvalue weighted by molar-refractivity contribution is 6.22. The second kappa shape index (κ2) is 6.77. The van der Waals surface area contributed by atoms with Crippen molar-refractivity contribution in [1.82, 2.24) is 0 Å². The predicted octanol–water partition coefficient (Wildman–Crippen LogP) is 2.48. The summed E-state index contributed by atoms with van der Waals surface area (Å²) in [5.41, 5.74) is 1.37. The van der Waals surface area contributed by atoms with Crippen LogP contribution in [-0.4, -0.2) is 37.8 Å². The van der Waals surface area contributed by atoms with Gasteiger partial charge in [-0.05, 0) is 30.5 Å². The molecule has 1 saturated carbocycles. The second-order valence-corrected chi connectivity index (χ2v) is 6.44. The van der Waals surface area contributed by atoms with Gasteiger partial charge in [0.2, 0.25) is 0 Å². The number of ether oxygens (including phenoxy) is 4. The molecule has 1 aromatic rings. The molecule has 25 heavy (non-hydrogen) atoms. The summed E-state index contributed by atoms with van der Waals surface area (Å²) < 4.78 is 22.5. The number of carbonyl (C=O) groups is 1. The molecule has 1 fully saturated rings. The topological polar surface area (TPSA) is 77.8 Å². The largest absolute Gasteiger partial charge is 0.496 e. The molecule has 6 nitrogen and oxygen atoms in total. The number of nitrogens with zero attached hydrogens (tertiary/aromatic N) is 1. The average molecular weight is 341 g/mol. The van der Waals surface area contributed by atoms with Crippen molar-refractivity contribution in [2.24, 2.45) is 5.92 Å². The molecule has 6 heteroatoms. The van der Waals surface area contributed by atoms with Crippen LogP contribution in [0.2, 0.25) is 0 Å². The number of carbonyl (C=O) groups excluding carboxylic acids is 1. The Morgan fingerprint density at radius 1 is 1.20 bits per heavy atom. The van der Waals surface area contributed by atoms with Gasteiger partial charge in [-0.1, -0.05) is 6.07 Å². The van der Waals surface area contributed by atoms with Crippen LogP contribution in [0.1, 0.15) is 24.8 Å². The molecule has 0 saturated heterocycles. The Morgan fingerprint density at radius 2 is 2.04 bits per heavy atom. The quantitative estimate of drug-likeness (QED) is 0.840. The zero-order chi connectivity index (χ0) is 17.2. The van der Waals surface area contributed by atoms with Gasteiger partial charge >= 0.3 is 0 Å². The van der Waals surface area contributed by atoms with Gasteiger partial charge in [-0.3, -0.25) is 4.79 Å². The maximum atomic E-state index is 12.9. The van der Waals surface area contributed by atoms with Crippen LogP contribution >= 0.6 is 0 Å². The molecule has 0 N–H and O–H groups in total. The average Bonchev–Trinajstić information content (AvgIpc) is 2.66. The Hall–Kier alpha value is -2.52. The standard InChI is InChI=1S/C19H19NO5/c20-5-6-22-13-2-3-14-17(10-13)25-11-15(19(14)21)12-1-4-16-18(9-12)24-8-7-23-16/h1,4,9,11,13-14,17H,2-3,6-8,10H2. The van der Waals surface area contributed by atoms with Crippen LogP contribution < -0.4 is 9.47 Å². The Kier molecular flexibility index (Phi) is 4.33. The highest BCUT2D eigenvalue weighted by Gasteiger charge is 2.40. The van der Waals surface area contributed by atoms with Gasteiger partial charge in [0.1, 0.15) is 25.9 Å². The number of ketones is 1. The third kappa shape index (κ3) is 3.08. The molecule has 3 atom stereocenters. The van der Waals surface area contributed by atoms with Crippen molar-refractivity contribution >= 4 is 11.4 Å². The van der Waals surface area contributed by atoms with Gasteiger partial charge in [-0.2, -0.15) is 5.26 Å². The van der Waals surface area contributed by atoms with Gasteiger partial charge < -0.3 is 18.9 Å². The third-order valence-corrected chi connectivity index (χ3v) is 4.94. The van der Waals surface area contributed by atoms with Crippen LogP contribution in [0, 0.1) is 17.2 Å². The smallest absolute Gasteiger partial charge is 0.173 e. The minimum Gasteiger partial charge on any atom is -0.496 e. The molecule has 0 aromatic heterocycles. The molecule has 1 aliphatic carbocycles. The molecule has 2 aliphatic heterocycles. The Bertz CT molecular complexity index is 751. The second-order valence-electron chi connectivity index (χ2n) is 6.44. The first kappa shape index (κ1) is 16.0. The number of fused-ring (bicyclic) bond motifs is 2. The molecule has 3 unspecified atom stereocenters. The van der Waals surface area contributed by atoms with Crippen LogP contribution in [0.3, 0.4) is 0 Å². The van der Waals surface area contributed by atoms with Crippen LogP contribution in [0.4, 0.5) is 0 Å². The Balaban J connectivity index is 1.52. The van der Waals surface area contributed by atoms with E-state index in [1.54, 1.807) is 6.26 Å². The fraction of sp³-hybridized carbons (Fsp3) is 0.474. The summed E-state index contributed by atoms with van der Waals surface area (Å²) in [6.45, 7) is 1.12. The molecular formula is C19H19NO5. The van der Waals surface area contributed by atoms with Gasteiger partial charge in [0.15, 0.2) is 17.3 Å². The molecule has 0 bridgehead atoms. The van der Waals surface area contributed by atoms with Crippen LogP contribution in [0.5, 0.6) is 11.5 Å². The van der Waals surface area contributed by atoms with Crippen molar-refractivity contribution in [3.05, 3.63) is 30.0 Å². The van der Waals surface area contributed by atoms with E-state index in [1.165, 1.54) is 0 Å². The van der Waals surface area contributed by atoms with Crippen LogP contribution in [-0.2, 0) is 14.3 Å². The highest BCUT2D eigenvalue weighted by atomic mass is 16.6. The van der Waals surface area contributed by atoms with Gasteiger partial charge in [-0.15, -0.1) is 0 Å². The van der Waals surface area contributed by atoms with Crippen molar-refractivity contribution in [3.63, 3.8) is 0 Å². The van der Waals surface area contributed by atoms with E-state index in [4.69, 9.17) is 24.2 Å². The van der Waals surface area contributed by atoms with Crippen molar-refractivity contribution in [2.75, 3.05) is 19.8 Å². The number of hydrogen-bond acceptors (Lipinski definition) is 6. The van der Waals surface area contributed by atoms with Crippen molar-refractivity contribution in [3.8, 4) is 17.6 Å². The van der Waals surface area contributed by atoms with Gasteiger partial charge in [0.25, 0.3) is 0 Å². The molecule has 0 amide bonds. The first-order chi connectivity index (χ1) is 12.3. The zero-order valence-electron chi connectivity index (χ0n) is 13.8. The third-order valence-electron chi connectivity index (χ3n) is 4.94. The van der Waals surface area contributed by atoms with Gasteiger partial charge in [0, 0.05) is 6.42 Å². The Labute approximate surface area is 145 Å². The van der Waals surface area contributed by atoms with Crippen LogP contribution in [0.15, 0.2) is 24.5 Å². The minimum absolute atomic E-state index is 0.0158. The van der Waals surface area contributed by atoms with E-state index in [2.05, 4.69) is 0 Å². The summed E-state index contributed by atoms with van der Waals surface area (Å²) in [7, 11) is 0. The van der Waals surface area contributed by atoms with Crippen LogP contribution in [0.25, 0.3) is 5.57 Å². The molecule has 0 spiro atoms. The van der Waals surface area contributed by atoms with Gasteiger partial charge in [0.05, 0.1) is 29.9 Å². The maximum absolute atomic E-state index is 12.9. The van der Waals surface area contributed by atoms with Crippen molar-refractivity contribution < 1.29 is 23.7 Å². The summed E-state index contributed by atoms with van der Waals surface area (Å²) in [4.78, 5) is 12.9. The lowest BCUT2D eigenvalue weighted by Crippen LogP contribution is -2.41. The van der Waals surface area contributed by atoms with E-state index in [9.17, 15) is 4.79 Å². The monoisotopic (exact) mass is 341 g/mol. The molecule has 4 rings (SSSR count). The number of rotatable bonds is 3. The number of nitriles is 1. The summed E-state index contributed by atoms with van der Waals surface area (Å²) in [5.74, 6) is 1.31. The fourth-order valence-corrected chi connectivity index (χ4v) is 3.68. The van der Waals surface area contributed by atoms with Crippen molar-refractivity contribution in [2.45, 2.75) is 31.5 Å². The number of allylic oxidation sites excluding steroid dienone is 1. The summed E-state index contributed by atoms with van der Waals surface area (Å²) >= 11 is 0. The molecule has 3 aliphatic rings. The zero-order valence-corrected chi connectivity index (χ0v) is 13.8. The first-order valence-electron chi connectivity index (χ1n) is 8.54. The van der Waals surface area contributed by atoms with E-state index in [-0.39, 0.29) is 30.5 Å². The summed E-state index contributed by atoms with van der Waals surface area (Å²) in [6.07, 6.45) is 3.49. The van der Waals surface area contributed by atoms with E-state index >= 15 is 0 Å². The van der Waals surface area contributed by atoms with E-state index < -0.39 is 0 Å². The normalized spacial score (nSPS) is 27.6. The maximum Gasteiger partial charge on any atom is 0.173 e. The molecule has 2 heterocycles. The number of Topliss-reactive ketones (excluding diaryl/α,β-unsaturated/α-hetero) is 1. The van der Waals surface area contributed by atoms with Gasteiger partial charge in [-0.25, -0.2) is 0 Å². The summed E-state index contributed by atoms with van der Waals surface area (Å²) in [5, 5.41) is 8.63. The molecular weight excluding hydrogens is 322 g/mol. The highest BCUT2D eigenvalue weighted by Crippen LogP contribution is 2.39. The summed E-state index contributed by atoms with van der Waals surface area (Å²) in [6, 6.07) is 7.52. The molecule has 130 valence electrons. The van der Waals surface area contributed by atoms with E-state index in [0.717, 1.165) is 12.0 Å². The lowest BCUT2D eigenvalue weighted by atomic mass is 9.78. The fourth-order valence-electron chi connectivity index (χ4n) is 3.68. The number of hydrogen-bond donors (Lipinski definition) is 0. The van der Waals surface area contributed by atoms with E-state index in [1.807, 2.05) is 24.3 Å². The predicted molar refractivity (Wildman–Crippen MR) is 88.0 cm³/mol. The lowest BCUT2D eigenvalue weighted by molar-refractivity contribution is -0.127. The first-order valence-corrected chi connectivity index (χ1v) is 8.54. The van der Waals surface area contributed by atoms with E-state index in [0.29, 0.717) is 43.1 Å². The minimum atomic E-state index is -0.175.